The van der Waals surface area contributed by atoms with Crippen molar-refractivity contribution >= 4 is 11.8 Å². The molecule has 0 radical (unpaired) electrons. The second-order valence-corrected chi connectivity index (χ2v) is 9.88. The van der Waals surface area contributed by atoms with Gasteiger partial charge in [0.2, 0.25) is 5.91 Å². The minimum Gasteiger partial charge on any atom is -0.342 e. The Hall–Kier alpha value is -2.73. The van der Waals surface area contributed by atoms with E-state index in [9.17, 15) is 9.59 Å². The number of carbonyl (C=O) groups excluding carboxylic acids is 2. The molecule has 0 N–H and O–H groups in total. The van der Waals surface area contributed by atoms with E-state index in [1.165, 1.54) is 0 Å². The zero-order valence-corrected chi connectivity index (χ0v) is 19.3. The van der Waals surface area contributed by atoms with E-state index in [0.29, 0.717) is 18.7 Å². The molecule has 32 heavy (non-hydrogen) atoms. The molecule has 1 atom stereocenters. The lowest BCUT2D eigenvalue weighted by atomic mass is 9.67. The Bertz CT molecular complexity index is 1020. The number of hydrogen-bond acceptors (Lipinski definition) is 4. The van der Waals surface area contributed by atoms with Gasteiger partial charge in [0.25, 0.3) is 5.91 Å². The molecule has 6 heteroatoms. The first-order valence-corrected chi connectivity index (χ1v) is 11.8. The van der Waals surface area contributed by atoms with Gasteiger partial charge in [-0.25, -0.2) is 0 Å². The Morgan fingerprint density at radius 1 is 1.12 bits per heavy atom. The van der Waals surface area contributed by atoms with Gasteiger partial charge in [0.1, 0.15) is 0 Å². The van der Waals surface area contributed by atoms with Crippen molar-refractivity contribution in [2.24, 2.45) is 0 Å². The maximum Gasteiger partial charge on any atom is 0.254 e. The molecule has 4 heterocycles. The number of likely N-dealkylation sites (tertiary alicyclic amines) is 2. The number of pyridine rings is 1. The van der Waals surface area contributed by atoms with Gasteiger partial charge in [0.15, 0.2) is 0 Å². The number of nitrogens with zero attached hydrogens (tertiary/aromatic N) is 4. The molecule has 6 nitrogen and oxygen atoms in total. The SMILES string of the molecule is Cc1ccc(CN2CC3(C2)C(C(=O)N2CCCC2)c2ccccc2C(=O)N3C(C)C)cn1. The maximum atomic E-state index is 13.9. The predicted molar refractivity (Wildman–Crippen MR) is 123 cm³/mol. The number of benzene rings is 1. The second-order valence-electron chi connectivity index (χ2n) is 9.88. The Kier molecular flexibility index (Phi) is 5.28. The Morgan fingerprint density at radius 2 is 1.84 bits per heavy atom. The van der Waals surface area contributed by atoms with Crippen molar-refractivity contribution in [1.82, 2.24) is 19.7 Å². The molecule has 2 fully saturated rings. The van der Waals surface area contributed by atoms with Gasteiger partial charge < -0.3 is 9.80 Å². The molecule has 0 aliphatic carbocycles. The van der Waals surface area contributed by atoms with Gasteiger partial charge >= 0.3 is 0 Å². The molecule has 3 aliphatic rings. The molecule has 1 aromatic carbocycles. The van der Waals surface area contributed by atoms with E-state index in [4.69, 9.17) is 0 Å². The number of rotatable bonds is 4. The van der Waals surface area contributed by atoms with E-state index < -0.39 is 5.54 Å². The van der Waals surface area contributed by atoms with Crippen LogP contribution in [0.4, 0.5) is 0 Å². The van der Waals surface area contributed by atoms with Crippen LogP contribution in [0.25, 0.3) is 0 Å². The van der Waals surface area contributed by atoms with Crippen LogP contribution in [-0.4, -0.2) is 69.3 Å². The molecule has 0 bridgehead atoms. The molecule has 2 amide bonds. The molecule has 168 valence electrons. The normalized spacial score (nSPS) is 22.4. The standard InChI is InChI=1S/C26H32N4O2/c1-18(2)30-24(31)22-9-5-4-8-21(22)23(25(32)29-12-6-7-13-29)26(30)16-28(17-26)15-20-11-10-19(3)27-14-20/h4-5,8-11,14,18,23H,6-7,12-13,15-17H2,1-3H3. The number of carbonyl (C=O) groups is 2. The molecule has 2 saturated heterocycles. The highest BCUT2D eigenvalue weighted by Crippen LogP contribution is 2.48. The van der Waals surface area contributed by atoms with Crippen LogP contribution in [0.5, 0.6) is 0 Å². The van der Waals surface area contributed by atoms with E-state index in [1.54, 1.807) is 0 Å². The first-order valence-electron chi connectivity index (χ1n) is 11.8. The van der Waals surface area contributed by atoms with Gasteiger partial charge in [0, 0.05) is 56.2 Å². The molecular weight excluding hydrogens is 400 g/mol. The fraction of sp³-hybridized carbons (Fsp3) is 0.500. The first-order chi connectivity index (χ1) is 15.4. The molecular formula is C26H32N4O2. The molecule has 3 aliphatic heterocycles. The zero-order chi connectivity index (χ0) is 22.5. The highest BCUT2D eigenvalue weighted by Gasteiger charge is 2.61. The maximum absolute atomic E-state index is 13.9. The van der Waals surface area contributed by atoms with Crippen LogP contribution in [-0.2, 0) is 11.3 Å². The quantitative estimate of drug-likeness (QED) is 0.745. The van der Waals surface area contributed by atoms with Crippen LogP contribution in [0.2, 0.25) is 0 Å². The van der Waals surface area contributed by atoms with Crippen molar-refractivity contribution in [2.75, 3.05) is 26.2 Å². The van der Waals surface area contributed by atoms with E-state index in [-0.39, 0.29) is 23.8 Å². The summed E-state index contributed by atoms with van der Waals surface area (Å²) in [6.07, 6.45) is 4.05. The van der Waals surface area contributed by atoms with Gasteiger partial charge in [-0.1, -0.05) is 24.3 Å². The number of amides is 2. The highest BCUT2D eigenvalue weighted by atomic mass is 16.2. The van der Waals surface area contributed by atoms with Crippen LogP contribution >= 0.6 is 0 Å². The van der Waals surface area contributed by atoms with Crippen molar-refractivity contribution in [3.8, 4) is 0 Å². The van der Waals surface area contributed by atoms with E-state index >= 15 is 0 Å². The fourth-order valence-electron chi connectivity index (χ4n) is 5.96. The zero-order valence-electron chi connectivity index (χ0n) is 19.3. The van der Waals surface area contributed by atoms with Crippen molar-refractivity contribution in [1.29, 1.82) is 0 Å². The van der Waals surface area contributed by atoms with Gasteiger partial charge in [-0.15, -0.1) is 0 Å². The number of hydrogen-bond donors (Lipinski definition) is 0. The summed E-state index contributed by atoms with van der Waals surface area (Å²) >= 11 is 0. The second kappa shape index (κ2) is 8.00. The average Bonchev–Trinajstić information content (AvgIpc) is 3.29. The minimum atomic E-state index is -0.503. The topological polar surface area (TPSA) is 56.8 Å². The van der Waals surface area contributed by atoms with Crippen molar-refractivity contribution < 1.29 is 9.59 Å². The lowest BCUT2D eigenvalue weighted by Gasteiger charge is -2.62. The smallest absolute Gasteiger partial charge is 0.254 e. The number of fused-ring (bicyclic) bond motifs is 1. The average molecular weight is 433 g/mol. The van der Waals surface area contributed by atoms with Gasteiger partial charge in [-0.05, 0) is 56.9 Å². The predicted octanol–water partition coefficient (Wildman–Crippen LogP) is 3.21. The van der Waals surface area contributed by atoms with Crippen LogP contribution in [0.15, 0.2) is 42.6 Å². The van der Waals surface area contributed by atoms with Gasteiger partial charge in [0.05, 0.1) is 11.5 Å². The molecule has 2 aromatic rings. The summed E-state index contributed by atoms with van der Waals surface area (Å²) < 4.78 is 0. The summed E-state index contributed by atoms with van der Waals surface area (Å²) in [7, 11) is 0. The van der Waals surface area contributed by atoms with Crippen LogP contribution in [0, 0.1) is 6.92 Å². The van der Waals surface area contributed by atoms with Crippen LogP contribution in [0.1, 0.15) is 59.8 Å². The van der Waals surface area contributed by atoms with Crippen molar-refractivity contribution in [3.63, 3.8) is 0 Å². The largest absolute Gasteiger partial charge is 0.342 e. The number of aryl methyl sites for hydroxylation is 1. The fourth-order valence-corrected chi connectivity index (χ4v) is 5.96. The van der Waals surface area contributed by atoms with Gasteiger partial charge in [-0.3, -0.25) is 19.5 Å². The molecule has 1 unspecified atom stereocenters. The molecule has 5 rings (SSSR count). The van der Waals surface area contributed by atoms with E-state index in [2.05, 4.69) is 29.8 Å². The Labute approximate surface area is 190 Å². The number of aromatic nitrogens is 1. The minimum absolute atomic E-state index is 0.0212. The summed E-state index contributed by atoms with van der Waals surface area (Å²) in [6.45, 7) is 9.94. The third-order valence-corrected chi connectivity index (χ3v) is 7.29. The van der Waals surface area contributed by atoms with Crippen LogP contribution in [0.3, 0.4) is 0 Å². The highest BCUT2D eigenvalue weighted by molar-refractivity contribution is 6.02. The van der Waals surface area contributed by atoms with E-state index in [0.717, 1.165) is 49.3 Å². The summed E-state index contributed by atoms with van der Waals surface area (Å²) in [5, 5.41) is 0. The first kappa shape index (κ1) is 21.1. The van der Waals surface area contributed by atoms with E-state index in [1.807, 2.05) is 53.3 Å². The summed E-state index contributed by atoms with van der Waals surface area (Å²) in [5.41, 5.74) is 3.25. The molecule has 0 saturated carbocycles. The lowest BCUT2D eigenvalue weighted by molar-refractivity contribution is -0.143. The summed E-state index contributed by atoms with van der Waals surface area (Å²) in [4.78, 5) is 38.3. The summed E-state index contributed by atoms with van der Waals surface area (Å²) in [6, 6.07) is 11.9. The Morgan fingerprint density at radius 3 is 2.50 bits per heavy atom. The van der Waals surface area contributed by atoms with Crippen molar-refractivity contribution in [3.05, 3.63) is 65.0 Å². The Balaban J connectivity index is 1.52. The molecule has 1 aromatic heterocycles. The summed E-state index contributed by atoms with van der Waals surface area (Å²) in [5.74, 6) is -0.0771. The molecule has 1 spiro atoms. The van der Waals surface area contributed by atoms with Crippen molar-refractivity contribution in [2.45, 2.75) is 57.7 Å². The third-order valence-electron chi connectivity index (χ3n) is 7.29. The monoisotopic (exact) mass is 432 g/mol. The lowest BCUT2D eigenvalue weighted by Crippen LogP contribution is -2.77. The third kappa shape index (κ3) is 3.32. The van der Waals surface area contributed by atoms with Gasteiger partial charge in [-0.2, -0.15) is 0 Å². The van der Waals surface area contributed by atoms with Crippen LogP contribution < -0.4 is 0 Å².